The van der Waals surface area contributed by atoms with Crippen LogP contribution in [0.4, 0.5) is 20.2 Å². The Bertz CT molecular complexity index is 1470. The summed E-state index contributed by atoms with van der Waals surface area (Å²) in [6.45, 7) is 4.67. The van der Waals surface area contributed by atoms with Crippen LogP contribution < -0.4 is 9.80 Å². The molecule has 10 heteroatoms. The Morgan fingerprint density at radius 1 is 1.06 bits per heavy atom. The predicted molar refractivity (Wildman–Crippen MR) is 125 cm³/mol. The van der Waals surface area contributed by atoms with E-state index in [1.807, 2.05) is 47.6 Å². The molecule has 2 aliphatic rings. The maximum atomic E-state index is 15.2. The fourth-order valence-electron chi connectivity index (χ4n) is 5.12. The number of hydrogen-bond acceptors (Lipinski definition) is 6. The van der Waals surface area contributed by atoms with Gasteiger partial charge in [-0.2, -0.15) is 15.5 Å². The van der Waals surface area contributed by atoms with E-state index in [0.717, 1.165) is 35.9 Å². The molecule has 1 fully saturated rings. The van der Waals surface area contributed by atoms with Crippen LogP contribution in [-0.4, -0.2) is 64.1 Å². The lowest BCUT2D eigenvalue weighted by Gasteiger charge is -2.44. The van der Waals surface area contributed by atoms with Crippen molar-refractivity contribution in [1.29, 1.82) is 5.26 Å². The smallest absolute Gasteiger partial charge is 0.171 e. The van der Waals surface area contributed by atoms with Crippen LogP contribution in [0.2, 0.25) is 0 Å². The Morgan fingerprint density at radius 3 is 2.59 bits per heavy atom. The van der Waals surface area contributed by atoms with Crippen LogP contribution >= 0.6 is 0 Å². The third kappa shape index (κ3) is 2.97. The number of nitrogens with zero attached hydrogens (tertiary/aromatic N) is 8. The first kappa shape index (κ1) is 20.9. The Kier molecular flexibility index (Phi) is 4.54. The van der Waals surface area contributed by atoms with E-state index in [-0.39, 0.29) is 23.1 Å². The minimum absolute atomic E-state index is 0.00790. The van der Waals surface area contributed by atoms with Gasteiger partial charge in [-0.25, -0.2) is 13.3 Å². The Hall–Kier alpha value is -3.71. The van der Waals surface area contributed by atoms with Crippen molar-refractivity contribution in [1.82, 2.24) is 24.3 Å². The number of aromatic nitrogens is 4. The molecule has 1 saturated heterocycles. The minimum atomic E-state index is -0.482. The molecule has 0 bridgehead atoms. The van der Waals surface area contributed by atoms with Crippen LogP contribution in [0.25, 0.3) is 16.4 Å². The first-order valence-electron chi connectivity index (χ1n) is 11.3. The number of fused-ring (bicyclic) bond motifs is 4. The Balaban J connectivity index is 1.39. The number of anilines is 2. The summed E-state index contributed by atoms with van der Waals surface area (Å²) < 4.78 is 33.1. The van der Waals surface area contributed by atoms with Crippen molar-refractivity contribution in [3.63, 3.8) is 0 Å². The zero-order valence-electron chi connectivity index (χ0n) is 19.2. The van der Waals surface area contributed by atoms with Crippen molar-refractivity contribution < 1.29 is 8.78 Å². The van der Waals surface area contributed by atoms with Crippen LogP contribution in [0.3, 0.4) is 0 Å². The maximum absolute atomic E-state index is 15.2. The van der Waals surface area contributed by atoms with Crippen LogP contribution in [0.1, 0.15) is 24.4 Å². The van der Waals surface area contributed by atoms with Gasteiger partial charge >= 0.3 is 0 Å². The number of halogens is 2. The third-order valence-corrected chi connectivity index (χ3v) is 7.09. The molecule has 0 N–H and O–H groups in total. The molecular weight excluding hydrogens is 438 g/mol. The van der Waals surface area contributed by atoms with E-state index >= 15 is 4.39 Å². The molecule has 4 aromatic rings. The number of pyridine rings is 1. The lowest BCUT2D eigenvalue weighted by Crippen LogP contribution is -2.57. The SMILES string of the molecule is C[C@@H]1CN(c2ccc(C#N)n3ncc(F)c23)Cc2c3cc(F)c(N4CC(N(C)C)C4)cc3nn21. The third-order valence-electron chi connectivity index (χ3n) is 7.09. The number of hydrogen-bond donors (Lipinski definition) is 0. The van der Waals surface area contributed by atoms with Gasteiger partial charge in [0.25, 0.3) is 0 Å². The van der Waals surface area contributed by atoms with Crippen molar-refractivity contribution >= 4 is 27.8 Å². The molecule has 8 nitrogen and oxygen atoms in total. The van der Waals surface area contributed by atoms with Crippen LogP contribution in [-0.2, 0) is 6.54 Å². The molecule has 1 atom stereocenters. The standard InChI is InChI=1S/C24H24F2N8/c1-14-10-31(21-5-4-15(8-27)34-24(21)19(26)9-28-34)13-23-17-6-18(25)22(7-20(17)29-33(14)23)32-11-16(12-32)30(2)3/h4-7,9,14,16H,10-13H2,1-3H3/t14-/m1/s1. The summed E-state index contributed by atoms with van der Waals surface area (Å²) in [6, 6.07) is 9.28. The molecule has 5 heterocycles. The van der Waals surface area contributed by atoms with Crippen molar-refractivity contribution in [3.8, 4) is 6.07 Å². The number of nitriles is 1. The second-order valence-electron chi connectivity index (χ2n) is 9.43. The molecule has 34 heavy (non-hydrogen) atoms. The quantitative estimate of drug-likeness (QED) is 0.466. The van der Waals surface area contributed by atoms with E-state index in [2.05, 4.69) is 10.00 Å². The molecule has 2 aliphatic heterocycles. The topological polar surface area (TPSA) is 68.6 Å². The van der Waals surface area contributed by atoms with Gasteiger partial charge in [-0.15, -0.1) is 0 Å². The lowest BCUT2D eigenvalue weighted by molar-refractivity contribution is 0.246. The fraction of sp³-hybridized carbons (Fsp3) is 0.375. The molecule has 0 spiro atoms. The minimum Gasteiger partial charge on any atom is -0.366 e. The summed E-state index contributed by atoms with van der Waals surface area (Å²) in [6.07, 6.45) is 1.13. The molecule has 0 saturated carbocycles. The Morgan fingerprint density at radius 2 is 1.85 bits per heavy atom. The summed E-state index contributed by atoms with van der Waals surface area (Å²) in [4.78, 5) is 6.25. The molecule has 0 amide bonds. The zero-order chi connectivity index (χ0) is 23.7. The first-order valence-corrected chi connectivity index (χ1v) is 11.3. The van der Waals surface area contributed by atoms with Gasteiger partial charge < -0.3 is 14.7 Å². The summed E-state index contributed by atoms with van der Waals surface area (Å²) in [5, 5.41) is 19.0. The van der Waals surface area contributed by atoms with Gasteiger partial charge in [0.15, 0.2) is 5.82 Å². The molecule has 0 unspecified atom stereocenters. The van der Waals surface area contributed by atoms with Crippen LogP contribution in [0.5, 0.6) is 0 Å². The highest BCUT2D eigenvalue weighted by molar-refractivity contribution is 5.86. The number of rotatable bonds is 3. The van der Waals surface area contributed by atoms with Gasteiger partial charge in [-0.1, -0.05) is 0 Å². The van der Waals surface area contributed by atoms with E-state index in [0.29, 0.717) is 30.5 Å². The molecule has 0 radical (unpaired) electrons. The molecule has 3 aromatic heterocycles. The van der Waals surface area contributed by atoms with Gasteiger partial charge in [-0.3, -0.25) is 4.68 Å². The second kappa shape index (κ2) is 7.40. The van der Waals surface area contributed by atoms with Gasteiger partial charge in [0.05, 0.1) is 41.4 Å². The van der Waals surface area contributed by atoms with Gasteiger partial charge in [0.1, 0.15) is 23.1 Å². The van der Waals surface area contributed by atoms with Crippen LogP contribution in [0, 0.1) is 23.0 Å². The van der Waals surface area contributed by atoms with E-state index < -0.39 is 5.82 Å². The van der Waals surface area contributed by atoms with Crippen molar-refractivity contribution in [3.05, 3.63) is 53.5 Å². The largest absolute Gasteiger partial charge is 0.366 e. The fourth-order valence-corrected chi connectivity index (χ4v) is 5.12. The average Bonchev–Trinajstić information content (AvgIpc) is 3.33. The van der Waals surface area contributed by atoms with Gasteiger partial charge in [0, 0.05) is 31.1 Å². The number of benzene rings is 1. The lowest BCUT2D eigenvalue weighted by atomic mass is 10.0. The Labute approximate surface area is 195 Å². The molecular formula is C24H24F2N8. The molecule has 0 aliphatic carbocycles. The summed E-state index contributed by atoms with van der Waals surface area (Å²) in [5.41, 5.74) is 3.41. The average molecular weight is 463 g/mol. The van der Waals surface area contributed by atoms with Crippen molar-refractivity contribution in [2.24, 2.45) is 0 Å². The highest BCUT2D eigenvalue weighted by Crippen LogP contribution is 2.36. The van der Waals surface area contributed by atoms with Crippen molar-refractivity contribution in [2.75, 3.05) is 43.5 Å². The zero-order valence-corrected chi connectivity index (χ0v) is 19.2. The van der Waals surface area contributed by atoms with E-state index in [1.165, 1.54) is 4.52 Å². The summed E-state index contributed by atoms with van der Waals surface area (Å²) >= 11 is 0. The first-order chi connectivity index (χ1) is 16.4. The van der Waals surface area contributed by atoms with E-state index in [4.69, 9.17) is 5.10 Å². The summed E-state index contributed by atoms with van der Waals surface area (Å²) in [7, 11) is 4.07. The summed E-state index contributed by atoms with van der Waals surface area (Å²) in [5.74, 6) is -0.738. The van der Waals surface area contributed by atoms with Crippen LogP contribution in [0.15, 0.2) is 30.5 Å². The van der Waals surface area contributed by atoms with Gasteiger partial charge in [0.2, 0.25) is 0 Å². The monoisotopic (exact) mass is 462 g/mol. The number of likely N-dealkylation sites (N-methyl/N-ethyl adjacent to an activating group) is 1. The highest BCUT2D eigenvalue weighted by Gasteiger charge is 2.32. The highest BCUT2D eigenvalue weighted by atomic mass is 19.1. The molecule has 1 aromatic carbocycles. The van der Waals surface area contributed by atoms with E-state index in [1.54, 1.807) is 18.2 Å². The predicted octanol–water partition coefficient (Wildman–Crippen LogP) is 3.17. The molecule has 6 rings (SSSR count). The van der Waals surface area contributed by atoms with Gasteiger partial charge in [-0.05, 0) is 45.3 Å². The maximum Gasteiger partial charge on any atom is 0.171 e. The normalized spacial score (nSPS) is 18.6. The van der Waals surface area contributed by atoms with Crippen molar-refractivity contribution in [2.45, 2.75) is 25.6 Å². The second-order valence-corrected chi connectivity index (χ2v) is 9.43. The van der Waals surface area contributed by atoms with E-state index in [9.17, 15) is 9.65 Å². The molecule has 174 valence electrons.